The third-order valence-corrected chi connectivity index (χ3v) is 2.87. The molecule has 0 amide bonds. The standard InChI is InChI=1S/C10H10F2N2OS/c1-15-2-3-16-10-13-8-4-6(11)7(12)5-9(8)14-10/h4-5H,2-3H2,1H3,(H,13,14). The SMILES string of the molecule is COCCSc1nc2cc(F)c(F)cc2[nH]1. The summed E-state index contributed by atoms with van der Waals surface area (Å²) in [6, 6.07) is 2.19. The van der Waals surface area contributed by atoms with Gasteiger partial charge in [0.05, 0.1) is 17.6 Å². The summed E-state index contributed by atoms with van der Waals surface area (Å²) in [5, 5.41) is 0.636. The minimum atomic E-state index is -0.882. The minimum absolute atomic E-state index is 0.429. The predicted molar refractivity (Wildman–Crippen MR) is 58.6 cm³/mol. The largest absolute Gasteiger partial charge is 0.384 e. The molecule has 0 radical (unpaired) electrons. The van der Waals surface area contributed by atoms with Crippen LogP contribution in [0.4, 0.5) is 8.78 Å². The number of methoxy groups -OCH3 is 1. The molecule has 1 heterocycles. The molecule has 6 heteroatoms. The average molecular weight is 244 g/mol. The molecule has 0 atom stereocenters. The first-order chi connectivity index (χ1) is 7.70. The van der Waals surface area contributed by atoms with Gasteiger partial charge in [0.1, 0.15) is 0 Å². The fourth-order valence-corrected chi connectivity index (χ4v) is 2.06. The highest BCUT2D eigenvalue weighted by Gasteiger charge is 2.08. The van der Waals surface area contributed by atoms with Crippen LogP contribution in [0.5, 0.6) is 0 Å². The molecule has 3 nitrogen and oxygen atoms in total. The number of H-pyrrole nitrogens is 1. The van der Waals surface area contributed by atoms with Crippen molar-refractivity contribution in [2.75, 3.05) is 19.5 Å². The number of nitrogens with zero attached hydrogens (tertiary/aromatic N) is 1. The van der Waals surface area contributed by atoms with Gasteiger partial charge in [-0.25, -0.2) is 13.8 Å². The number of nitrogens with one attached hydrogen (secondary N) is 1. The molecular weight excluding hydrogens is 234 g/mol. The average Bonchev–Trinajstić information content (AvgIpc) is 2.61. The Kier molecular flexibility index (Phi) is 3.40. The Morgan fingerprint density at radius 3 is 2.88 bits per heavy atom. The van der Waals surface area contributed by atoms with E-state index in [2.05, 4.69) is 9.97 Å². The Morgan fingerprint density at radius 1 is 1.38 bits per heavy atom. The molecule has 0 aliphatic rings. The van der Waals surface area contributed by atoms with Crippen molar-refractivity contribution in [3.05, 3.63) is 23.8 Å². The number of benzene rings is 1. The molecule has 1 aromatic carbocycles. The molecule has 86 valence electrons. The van der Waals surface area contributed by atoms with Crippen molar-refractivity contribution in [3.63, 3.8) is 0 Å². The molecule has 16 heavy (non-hydrogen) atoms. The zero-order valence-corrected chi connectivity index (χ0v) is 9.41. The molecular formula is C10H10F2N2OS. The second-order valence-electron chi connectivity index (χ2n) is 3.17. The second-order valence-corrected chi connectivity index (χ2v) is 4.25. The van der Waals surface area contributed by atoms with Crippen LogP contribution >= 0.6 is 11.8 Å². The van der Waals surface area contributed by atoms with Crippen molar-refractivity contribution in [3.8, 4) is 0 Å². The maximum atomic E-state index is 12.9. The summed E-state index contributed by atoms with van der Waals surface area (Å²) in [5.74, 6) is -1.02. The normalized spacial score (nSPS) is 11.2. The molecule has 0 unspecified atom stereocenters. The first kappa shape index (κ1) is 11.3. The fourth-order valence-electron chi connectivity index (χ4n) is 1.27. The summed E-state index contributed by atoms with van der Waals surface area (Å²) in [5.41, 5.74) is 0.928. The van der Waals surface area contributed by atoms with Crippen LogP contribution in [0.1, 0.15) is 0 Å². The first-order valence-corrected chi connectivity index (χ1v) is 5.66. The van der Waals surface area contributed by atoms with Crippen LogP contribution in [0.25, 0.3) is 11.0 Å². The number of fused-ring (bicyclic) bond motifs is 1. The Bertz CT molecular complexity index is 462. The summed E-state index contributed by atoms with van der Waals surface area (Å²) < 4.78 is 30.7. The number of aromatic amines is 1. The van der Waals surface area contributed by atoms with E-state index in [1.54, 1.807) is 7.11 Å². The minimum Gasteiger partial charge on any atom is -0.384 e. The smallest absolute Gasteiger partial charge is 0.166 e. The van der Waals surface area contributed by atoms with E-state index in [1.165, 1.54) is 11.8 Å². The van der Waals surface area contributed by atoms with Gasteiger partial charge in [-0.15, -0.1) is 0 Å². The maximum Gasteiger partial charge on any atom is 0.166 e. The van der Waals surface area contributed by atoms with Gasteiger partial charge in [0, 0.05) is 25.0 Å². The van der Waals surface area contributed by atoms with Gasteiger partial charge >= 0.3 is 0 Å². The van der Waals surface area contributed by atoms with Crippen LogP contribution < -0.4 is 0 Å². The quantitative estimate of drug-likeness (QED) is 0.663. The van der Waals surface area contributed by atoms with Crippen LogP contribution in [0.3, 0.4) is 0 Å². The van der Waals surface area contributed by atoms with Crippen molar-refractivity contribution in [2.24, 2.45) is 0 Å². The zero-order valence-electron chi connectivity index (χ0n) is 8.59. The Balaban J connectivity index is 2.23. The molecule has 0 spiro atoms. The maximum absolute atomic E-state index is 12.9. The first-order valence-electron chi connectivity index (χ1n) is 4.67. The lowest BCUT2D eigenvalue weighted by Crippen LogP contribution is -1.91. The van der Waals surface area contributed by atoms with Crippen LogP contribution in [0.2, 0.25) is 0 Å². The Morgan fingerprint density at radius 2 is 2.12 bits per heavy atom. The molecule has 1 aromatic heterocycles. The molecule has 0 saturated carbocycles. The number of rotatable bonds is 4. The number of halogens is 2. The van der Waals surface area contributed by atoms with Gasteiger partial charge in [0.2, 0.25) is 0 Å². The van der Waals surface area contributed by atoms with Crippen LogP contribution in [-0.2, 0) is 4.74 Å². The molecule has 0 aliphatic carbocycles. The van der Waals surface area contributed by atoms with E-state index in [4.69, 9.17) is 4.74 Å². The number of thioether (sulfide) groups is 1. The number of hydrogen-bond donors (Lipinski definition) is 1. The number of aromatic nitrogens is 2. The molecule has 0 bridgehead atoms. The predicted octanol–water partition coefficient (Wildman–Crippen LogP) is 2.58. The second kappa shape index (κ2) is 4.80. The molecule has 0 fully saturated rings. The molecule has 0 aliphatic heterocycles. The summed E-state index contributed by atoms with van der Waals surface area (Å²) in [7, 11) is 1.62. The lowest BCUT2D eigenvalue weighted by Gasteiger charge is -1.94. The number of ether oxygens (including phenoxy) is 1. The van der Waals surface area contributed by atoms with E-state index in [-0.39, 0.29) is 0 Å². The van der Waals surface area contributed by atoms with Gasteiger partial charge in [-0.1, -0.05) is 11.8 Å². The molecule has 2 aromatic rings. The van der Waals surface area contributed by atoms with E-state index in [1.807, 2.05) is 0 Å². The fraction of sp³-hybridized carbons (Fsp3) is 0.300. The van der Waals surface area contributed by atoms with Crippen LogP contribution in [0, 0.1) is 11.6 Å². The summed E-state index contributed by atoms with van der Waals surface area (Å²) >= 11 is 1.45. The van der Waals surface area contributed by atoms with Crippen molar-refractivity contribution in [1.29, 1.82) is 0 Å². The van der Waals surface area contributed by atoms with Crippen LogP contribution in [0.15, 0.2) is 17.3 Å². The topological polar surface area (TPSA) is 37.9 Å². The summed E-state index contributed by atoms with van der Waals surface area (Å²) in [6.45, 7) is 0.602. The molecule has 0 saturated heterocycles. The van der Waals surface area contributed by atoms with E-state index in [9.17, 15) is 8.78 Å². The molecule has 2 rings (SSSR count). The van der Waals surface area contributed by atoms with E-state index in [0.717, 1.165) is 17.9 Å². The van der Waals surface area contributed by atoms with Crippen molar-refractivity contribution < 1.29 is 13.5 Å². The van der Waals surface area contributed by atoms with E-state index >= 15 is 0 Å². The van der Waals surface area contributed by atoms with Gasteiger partial charge in [-0.2, -0.15) is 0 Å². The van der Waals surface area contributed by atoms with Crippen molar-refractivity contribution in [1.82, 2.24) is 9.97 Å². The van der Waals surface area contributed by atoms with Gasteiger partial charge in [-0.3, -0.25) is 0 Å². The van der Waals surface area contributed by atoms with Crippen LogP contribution in [-0.4, -0.2) is 29.4 Å². The Labute approximate surface area is 95.2 Å². The zero-order chi connectivity index (χ0) is 11.5. The highest BCUT2D eigenvalue weighted by molar-refractivity contribution is 7.99. The van der Waals surface area contributed by atoms with E-state index < -0.39 is 11.6 Å². The number of hydrogen-bond acceptors (Lipinski definition) is 3. The monoisotopic (exact) mass is 244 g/mol. The summed E-state index contributed by atoms with van der Waals surface area (Å²) in [6.07, 6.45) is 0. The van der Waals surface area contributed by atoms with Gasteiger partial charge in [0.15, 0.2) is 16.8 Å². The highest BCUT2D eigenvalue weighted by atomic mass is 32.2. The van der Waals surface area contributed by atoms with E-state index in [0.29, 0.717) is 22.8 Å². The van der Waals surface area contributed by atoms with Gasteiger partial charge < -0.3 is 9.72 Å². The van der Waals surface area contributed by atoms with Crippen molar-refractivity contribution in [2.45, 2.75) is 5.16 Å². The lowest BCUT2D eigenvalue weighted by atomic mass is 10.3. The lowest BCUT2D eigenvalue weighted by molar-refractivity contribution is 0.218. The highest BCUT2D eigenvalue weighted by Crippen LogP contribution is 2.21. The van der Waals surface area contributed by atoms with Gasteiger partial charge in [0.25, 0.3) is 0 Å². The Hall–Kier alpha value is -1.14. The third kappa shape index (κ3) is 2.33. The van der Waals surface area contributed by atoms with Gasteiger partial charge in [-0.05, 0) is 0 Å². The van der Waals surface area contributed by atoms with Crippen molar-refractivity contribution >= 4 is 22.8 Å². The third-order valence-electron chi connectivity index (χ3n) is 2.03. The molecule has 1 N–H and O–H groups in total. The number of imidazole rings is 1. The summed E-state index contributed by atoms with van der Waals surface area (Å²) in [4.78, 5) is 7.04.